The van der Waals surface area contributed by atoms with Gasteiger partial charge in [-0.05, 0) is 38.0 Å². The largest absolute Gasteiger partial charge is 0.508 e. The predicted octanol–water partition coefficient (Wildman–Crippen LogP) is 2.64. The number of allylic oxidation sites excluding steroid dienone is 2. The highest BCUT2D eigenvalue weighted by atomic mass is 16.5. The molecule has 1 aliphatic heterocycles. The number of hydrogen-bond donors (Lipinski definition) is 1. The molecule has 0 radical (unpaired) electrons. The first-order valence-corrected chi connectivity index (χ1v) is 6.19. The van der Waals surface area contributed by atoms with Crippen LogP contribution in [0, 0.1) is 16.7 Å². The second-order valence-corrected chi connectivity index (χ2v) is 5.21. The molecule has 1 heterocycles. The van der Waals surface area contributed by atoms with Crippen LogP contribution in [0.1, 0.15) is 31.2 Å². The van der Waals surface area contributed by atoms with Gasteiger partial charge in [0.1, 0.15) is 11.5 Å². The fourth-order valence-electron chi connectivity index (χ4n) is 2.92. The summed E-state index contributed by atoms with van der Waals surface area (Å²) in [6, 6.07) is 6.81. The zero-order valence-electron chi connectivity index (χ0n) is 10.5. The Balaban J connectivity index is 2.22. The molecule has 0 aromatic heterocycles. The van der Waals surface area contributed by atoms with Crippen molar-refractivity contribution in [2.24, 2.45) is 5.41 Å². The summed E-state index contributed by atoms with van der Waals surface area (Å²) in [5.41, 5.74) is 0.744. The van der Waals surface area contributed by atoms with Crippen LogP contribution < -0.4 is 4.74 Å². The van der Waals surface area contributed by atoms with Crippen molar-refractivity contribution in [2.75, 3.05) is 0 Å². The first-order chi connectivity index (χ1) is 9.06. The summed E-state index contributed by atoms with van der Waals surface area (Å²) < 4.78 is 5.28. The Morgan fingerprint density at radius 3 is 3.05 bits per heavy atom. The van der Waals surface area contributed by atoms with Gasteiger partial charge in [-0.2, -0.15) is 5.26 Å². The second-order valence-electron chi connectivity index (χ2n) is 5.21. The van der Waals surface area contributed by atoms with Crippen molar-refractivity contribution in [3.05, 3.63) is 35.4 Å². The van der Waals surface area contributed by atoms with E-state index in [1.165, 1.54) is 6.07 Å². The fourth-order valence-corrected chi connectivity index (χ4v) is 2.92. The molecule has 0 amide bonds. The third kappa shape index (κ3) is 1.55. The molecule has 1 aromatic carbocycles. The monoisotopic (exact) mass is 255 g/mol. The molecule has 3 rings (SSSR count). The Bertz CT molecular complexity index is 641. The van der Waals surface area contributed by atoms with Gasteiger partial charge in [0.05, 0.1) is 6.07 Å². The lowest BCUT2D eigenvalue weighted by Crippen LogP contribution is -2.44. The van der Waals surface area contributed by atoms with E-state index in [-0.39, 0.29) is 11.7 Å². The normalized spacial score (nSPS) is 28.5. The smallest absolute Gasteiger partial charge is 0.332 e. The van der Waals surface area contributed by atoms with Crippen LogP contribution in [0.2, 0.25) is 0 Å². The zero-order chi connectivity index (χ0) is 13.6. The van der Waals surface area contributed by atoms with E-state index in [9.17, 15) is 15.2 Å². The number of esters is 1. The highest BCUT2D eigenvalue weighted by Gasteiger charge is 2.53. The molecule has 0 spiro atoms. The molecule has 0 unspecified atom stereocenters. The number of rotatable bonds is 0. The van der Waals surface area contributed by atoms with Crippen molar-refractivity contribution in [1.29, 1.82) is 5.26 Å². The highest BCUT2D eigenvalue weighted by Crippen LogP contribution is 2.53. The van der Waals surface area contributed by atoms with Gasteiger partial charge in [0.2, 0.25) is 0 Å². The van der Waals surface area contributed by atoms with Gasteiger partial charge < -0.3 is 9.84 Å². The molecule has 0 bridgehead atoms. The molecular formula is C15H13NO3. The van der Waals surface area contributed by atoms with Crippen LogP contribution in [0.4, 0.5) is 0 Å². The predicted molar refractivity (Wildman–Crippen MR) is 67.5 cm³/mol. The van der Waals surface area contributed by atoms with Gasteiger partial charge in [-0.15, -0.1) is 0 Å². The van der Waals surface area contributed by atoms with Crippen molar-refractivity contribution in [3.63, 3.8) is 0 Å². The first-order valence-electron chi connectivity index (χ1n) is 6.19. The molecular weight excluding hydrogens is 242 g/mol. The van der Waals surface area contributed by atoms with E-state index >= 15 is 0 Å². The molecule has 4 heteroatoms. The maximum Gasteiger partial charge on any atom is 0.332 e. The standard InChI is InChI=1S/C15H13NO3/c1-9-4-5-15(8-16)12(6-9)11-7-10(17)2-3-13(11)19-14(15)18/h2-4,7,12,17H,5-6H2,1H3/t12-,15+/m0/s1. The summed E-state index contributed by atoms with van der Waals surface area (Å²) in [4.78, 5) is 12.2. The van der Waals surface area contributed by atoms with Gasteiger partial charge in [-0.3, -0.25) is 0 Å². The maximum absolute atomic E-state index is 12.2. The van der Waals surface area contributed by atoms with Crippen LogP contribution in [0.3, 0.4) is 0 Å². The molecule has 19 heavy (non-hydrogen) atoms. The molecule has 1 aromatic rings. The van der Waals surface area contributed by atoms with E-state index in [1.807, 2.05) is 13.0 Å². The Labute approximate surface area is 110 Å². The number of phenolic OH excluding ortho intramolecular Hbond substituents is 1. The second kappa shape index (κ2) is 3.86. The third-order valence-corrected chi connectivity index (χ3v) is 4.03. The lowest BCUT2D eigenvalue weighted by atomic mass is 9.64. The van der Waals surface area contributed by atoms with Crippen molar-refractivity contribution in [2.45, 2.75) is 25.7 Å². The van der Waals surface area contributed by atoms with Crippen molar-refractivity contribution in [3.8, 4) is 17.6 Å². The molecule has 1 aliphatic carbocycles. The Hall–Kier alpha value is -2.28. The van der Waals surface area contributed by atoms with Gasteiger partial charge >= 0.3 is 5.97 Å². The van der Waals surface area contributed by atoms with Crippen LogP contribution in [0.15, 0.2) is 29.8 Å². The SMILES string of the molecule is CC1=CC[C@]2(C#N)C(=O)Oc3ccc(O)cc3[C@@H]2C1. The molecule has 0 saturated carbocycles. The maximum atomic E-state index is 12.2. The number of nitriles is 1. The molecule has 4 nitrogen and oxygen atoms in total. The van der Waals surface area contributed by atoms with E-state index in [2.05, 4.69) is 6.07 Å². The minimum absolute atomic E-state index is 0.121. The Morgan fingerprint density at radius 2 is 2.32 bits per heavy atom. The van der Waals surface area contributed by atoms with Crippen molar-refractivity contribution < 1.29 is 14.6 Å². The van der Waals surface area contributed by atoms with Crippen LogP contribution in [-0.4, -0.2) is 11.1 Å². The first kappa shape index (κ1) is 11.8. The van der Waals surface area contributed by atoms with Gasteiger partial charge in [0, 0.05) is 11.5 Å². The summed E-state index contributed by atoms with van der Waals surface area (Å²) in [6.07, 6.45) is 2.93. The van der Waals surface area contributed by atoms with Crippen LogP contribution in [0.25, 0.3) is 0 Å². The summed E-state index contributed by atoms with van der Waals surface area (Å²) >= 11 is 0. The van der Waals surface area contributed by atoms with Crippen LogP contribution in [0.5, 0.6) is 11.5 Å². The minimum Gasteiger partial charge on any atom is -0.508 e. The van der Waals surface area contributed by atoms with Crippen LogP contribution in [-0.2, 0) is 4.79 Å². The topological polar surface area (TPSA) is 70.3 Å². The number of aromatic hydroxyl groups is 1. The number of fused-ring (bicyclic) bond motifs is 3. The average Bonchev–Trinajstić information content (AvgIpc) is 2.40. The highest BCUT2D eigenvalue weighted by molar-refractivity contribution is 5.87. The summed E-state index contributed by atoms with van der Waals surface area (Å²) in [5.74, 6) is -0.156. The molecule has 2 atom stereocenters. The van der Waals surface area contributed by atoms with Crippen molar-refractivity contribution >= 4 is 5.97 Å². The third-order valence-electron chi connectivity index (χ3n) is 4.03. The number of carbonyl (C=O) groups excluding carboxylic acids is 1. The lowest BCUT2D eigenvalue weighted by molar-refractivity contribution is -0.145. The van der Waals surface area contributed by atoms with Gasteiger partial charge in [0.15, 0.2) is 5.41 Å². The van der Waals surface area contributed by atoms with E-state index < -0.39 is 11.4 Å². The van der Waals surface area contributed by atoms with Gasteiger partial charge in [0.25, 0.3) is 0 Å². The Morgan fingerprint density at radius 1 is 1.53 bits per heavy atom. The van der Waals surface area contributed by atoms with E-state index in [0.717, 1.165) is 11.1 Å². The zero-order valence-corrected chi connectivity index (χ0v) is 10.5. The van der Waals surface area contributed by atoms with E-state index in [0.29, 0.717) is 18.6 Å². The fraction of sp³-hybridized carbons (Fsp3) is 0.333. The number of benzene rings is 1. The number of nitrogens with zero attached hydrogens (tertiary/aromatic N) is 1. The molecule has 0 fully saturated rings. The van der Waals surface area contributed by atoms with Crippen LogP contribution >= 0.6 is 0 Å². The summed E-state index contributed by atoms with van der Waals surface area (Å²) in [6.45, 7) is 1.99. The molecule has 0 saturated heterocycles. The minimum atomic E-state index is -1.15. The quantitative estimate of drug-likeness (QED) is 0.439. The lowest BCUT2D eigenvalue weighted by Gasteiger charge is -2.40. The summed E-state index contributed by atoms with van der Waals surface area (Å²) in [7, 11) is 0. The molecule has 2 aliphatic rings. The number of ether oxygens (including phenoxy) is 1. The molecule has 96 valence electrons. The van der Waals surface area contributed by atoms with E-state index in [1.54, 1.807) is 12.1 Å². The average molecular weight is 255 g/mol. The molecule has 1 N–H and O–H groups in total. The number of carbonyl (C=O) groups is 1. The summed E-state index contributed by atoms with van der Waals surface area (Å²) in [5, 5.41) is 19.1. The van der Waals surface area contributed by atoms with Gasteiger partial charge in [-0.25, -0.2) is 4.79 Å². The van der Waals surface area contributed by atoms with Gasteiger partial charge in [-0.1, -0.05) is 11.6 Å². The van der Waals surface area contributed by atoms with Crippen molar-refractivity contribution in [1.82, 2.24) is 0 Å². The Kier molecular flexibility index (Phi) is 2.39. The number of hydrogen-bond acceptors (Lipinski definition) is 4. The van der Waals surface area contributed by atoms with E-state index in [4.69, 9.17) is 4.74 Å². The number of phenols is 1.